The van der Waals surface area contributed by atoms with Crippen LogP contribution in [-0.4, -0.2) is 38.2 Å². The van der Waals surface area contributed by atoms with Gasteiger partial charge in [-0.15, -0.1) is 0 Å². The van der Waals surface area contributed by atoms with E-state index in [-0.39, 0.29) is 29.4 Å². The molecule has 0 bridgehead atoms. The van der Waals surface area contributed by atoms with E-state index in [9.17, 15) is 25.5 Å². The van der Waals surface area contributed by atoms with E-state index in [1.165, 1.54) is 24.3 Å². The van der Waals surface area contributed by atoms with Gasteiger partial charge in [-0.05, 0) is 42.3 Å². The quantitative estimate of drug-likeness (QED) is 0.290. The van der Waals surface area contributed by atoms with Crippen molar-refractivity contribution >= 4 is 0 Å². The molecule has 0 saturated heterocycles. The molecule has 2 aromatic rings. The molecular weight excluding hydrogens is 348 g/mol. The number of hydrogen-bond donors (Lipinski definition) is 5. The van der Waals surface area contributed by atoms with Gasteiger partial charge in [0.2, 0.25) is 0 Å². The van der Waals surface area contributed by atoms with Crippen molar-refractivity contribution in [1.82, 2.24) is 0 Å². The first-order chi connectivity index (χ1) is 12.9. The molecule has 0 aliphatic carbocycles. The summed E-state index contributed by atoms with van der Waals surface area (Å²) in [6.45, 7) is 2.47. The van der Waals surface area contributed by atoms with Crippen LogP contribution in [0, 0.1) is 11.8 Å². The smallest absolute Gasteiger partial charge is 0.158 e. The first-order valence-electron chi connectivity index (χ1n) is 8.74. The van der Waals surface area contributed by atoms with Crippen LogP contribution in [0.2, 0.25) is 0 Å². The van der Waals surface area contributed by atoms with Gasteiger partial charge in [0.05, 0.1) is 6.10 Å². The van der Waals surface area contributed by atoms with Crippen LogP contribution in [-0.2, 0) is 4.74 Å². The van der Waals surface area contributed by atoms with Crippen LogP contribution in [0.3, 0.4) is 0 Å². The lowest BCUT2D eigenvalue weighted by Gasteiger charge is -2.23. The van der Waals surface area contributed by atoms with E-state index in [4.69, 9.17) is 4.74 Å². The normalized spacial score (nSPS) is 12.8. The van der Waals surface area contributed by atoms with E-state index < -0.39 is 12.2 Å². The molecule has 2 atom stereocenters. The van der Waals surface area contributed by atoms with Crippen LogP contribution in [0.4, 0.5) is 0 Å². The molecule has 0 spiro atoms. The Kier molecular flexibility index (Phi) is 7.35. The third-order valence-corrected chi connectivity index (χ3v) is 3.99. The highest BCUT2D eigenvalue weighted by molar-refractivity contribution is 5.46. The second-order valence-corrected chi connectivity index (χ2v) is 6.17. The molecule has 0 unspecified atom stereocenters. The molecule has 0 aromatic heterocycles. The first kappa shape index (κ1) is 20.4. The minimum absolute atomic E-state index is 0.0973. The van der Waals surface area contributed by atoms with Gasteiger partial charge in [-0.1, -0.05) is 31.3 Å². The number of benzene rings is 2. The highest BCUT2D eigenvalue weighted by atomic mass is 16.5. The average molecular weight is 372 g/mol. The first-order valence-corrected chi connectivity index (χ1v) is 8.74. The lowest BCUT2D eigenvalue weighted by atomic mass is 10.0. The number of phenols is 4. The fourth-order valence-corrected chi connectivity index (χ4v) is 2.47. The van der Waals surface area contributed by atoms with Crippen LogP contribution >= 0.6 is 0 Å². The van der Waals surface area contributed by atoms with Gasteiger partial charge in [0.15, 0.2) is 23.0 Å². The largest absolute Gasteiger partial charge is 0.504 e. The summed E-state index contributed by atoms with van der Waals surface area (Å²) in [4.78, 5) is 0. The van der Waals surface area contributed by atoms with Crippen molar-refractivity contribution in [1.29, 1.82) is 0 Å². The number of phenolic OH excluding ortho intramolecular Hbond substituents is 4. The Morgan fingerprint density at radius 1 is 0.926 bits per heavy atom. The van der Waals surface area contributed by atoms with Crippen LogP contribution in [0.15, 0.2) is 36.4 Å². The minimum Gasteiger partial charge on any atom is -0.504 e. The molecule has 144 valence electrons. The summed E-state index contributed by atoms with van der Waals surface area (Å²) in [7, 11) is 0. The SMILES string of the molecule is CCCCO[C@H](c1ccc(O)c(O)c1)[C@@H](O)CC#Cc1ccc(O)c(O)c1. The molecule has 6 heteroatoms. The third kappa shape index (κ3) is 5.81. The third-order valence-electron chi connectivity index (χ3n) is 3.99. The lowest BCUT2D eigenvalue weighted by Crippen LogP contribution is -2.21. The number of hydrogen-bond acceptors (Lipinski definition) is 6. The Hall–Kier alpha value is -2.88. The molecule has 0 saturated carbocycles. The second kappa shape index (κ2) is 9.72. The summed E-state index contributed by atoms with van der Waals surface area (Å²) in [5.74, 6) is 4.63. The summed E-state index contributed by atoms with van der Waals surface area (Å²) in [5, 5.41) is 48.5. The van der Waals surface area contributed by atoms with Crippen molar-refractivity contribution in [3.05, 3.63) is 47.5 Å². The summed E-state index contributed by atoms with van der Waals surface area (Å²) in [5.41, 5.74) is 1.04. The van der Waals surface area contributed by atoms with Gasteiger partial charge in [-0.3, -0.25) is 0 Å². The summed E-state index contributed by atoms with van der Waals surface area (Å²) in [6, 6.07) is 8.52. The molecule has 0 aliphatic heterocycles. The molecule has 0 amide bonds. The average Bonchev–Trinajstić information content (AvgIpc) is 2.64. The van der Waals surface area contributed by atoms with Gasteiger partial charge in [0.25, 0.3) is 0 Å². The van der Waals surface area contributed by atoms with Gasteiger partial charge in [-0.25, -0.2) is 0 Å². The Bertz CT molecular complexity index is 821. The standard InChI is InChI=1S/C21H24O6/c1-2-3-11-27-21(15-8-10-17(23)20(26)13-15)18(24)6-4-5-14-7-9-16(22)19(25)12-14/h7-10,12-13,18,21-26H,2-3,6,11H2,1H3/t18-,21+/m0/s1. The molecule has 0 radical (unpaired) electrons. The van der Waals surface area contributed by atoms with Crippen molar-refractivity contribution in [2.45, 2.75) is 38.4 Å². The van der Waals surface area contributed by atoms with Crippen LogP contribution in [0.5, 0.6) is 23.0 Å². The number of aliphatic hydroxyl groups excluding tert-OH is 1. The number of unbranched alkanes of at least 4 members (excludes halogenated alkanes) is 1. The van der Waals surface area contributed by atoms with Crippen molar-refractivity contribution < 1.29 is 30.3 Å². The topological polar surface area (TPSA) is 110 Å². The summed E-state index contributed by atoms with van der Waals surface area (Å²) in [6.07, 6.45) is 0.203. The second-order valence-electron chi connectivity index (χ2n) is 6.17. The Labute approximate surface area is 158 Å². The molecule has 6 nitrogen and oxygen atoms in total. The number of aliphatic hydroxyl groups is 1. The van der Waals surface area contributed by atoms with Crippen molar-refractivity contribution in [2.75, 3.05) is 6.61 Å². The van der Waals surface area contributed by atoms with Crippen LogP contribution in [0.1, 0.15) is 43.4 Å². The molecule has 0 heterocycles. The van der Waals surface area contributed by atoms with E-state index in [0.29, 0.717) is 17.7 Å². The van der Waals surface area contributed by atoms with Gasteiger partial charge >= 0.3 is 0 Å². The number of aromatic hydroxyl groups is 4. The predicted octanol–water partition coefficient (Wildman–Crippen LogP) is 3.17. The molecule has 2 aromatic carbocycles. The van der Waals surface area contributed by atoms with Crippen molar-refractivity contribution in [3.63, 3.8) is 0 Å². The molecular formula is C21H24O6. The van der Waals surface area contributed by atoms with Gasteiger partial charge in [0, 0.05) is 18.6 Å². The monoisotopic (exact) mass is 372 g/mol. The molecule has 5 N–H and O–H groups in total. The van der Waals surface area contributed by atoms with Crippen LogP contribution < -0.4 is 0 Å². The number of ether oxygens (including phenoxy) is 1. The highest BCUT2D eigenvalue weighted by Crippen LogP contribution is 2.31. The maximum atomic E-state index is 10.5. The van der Waals surface area contributed by atoms with Gasteiger partial charge < -0.3 is 30.3 Å². The van der Waals surface area contributed by atoms with E-state index in [0.717, 1.165) is 12.8 Å². The van der Waals surface area contributed by atoms with Crippen LogP contribution in [0.25, 0.3) is 0 Å². The van der Waals surface area contributed by atoms with Gasteiger partial charge in [0.1, 0.15) is 6.10 Å². The Morgan fingerprint density at radius 2 is 1.59 bits per heavy atom. The lowest BCUT2D eigenvalue weighted by molar-refractivity contribution is -0.0380. The van der Waals surface area contributed by atoms with Gasteiger partial charge in [-0.2, -0.15) is 0 Å². The van der Waals surface area contributed by atoms with E-state index >= 15 is 0 Å². The maximum Gasteiger partial charge on any atom is 0.158 e. The minimum atomic E-state index is -0.955. The molecule has 0 fully saturated rings. The fourth-order valence-electron chi connectivity index (χ4n) is 2.47. The molecule has 27 heavy (non-hydrogen) atoms. The molecule has 0 aliphatic rings. The molecule has 2 rings (SSSR count). The van der Waals surface area contributed by atoms with E-state index in [1.54, 1.807) is 12.1 Å². The van der Waals surface area contributed by atoms with E-state index in [2.05, 4.69) is 11.8 Å². The van der Waals surface area contributed by atoms with Crippen molar-refractivity contribution in [3.8, 4) is 34.8 Å². The number of rotatable bonds is 7. The highest BCUT2D eigenvalue weighted by Gasteiger charge is 2.22. The Balaban J connectivity index is 2.13. The zero-order valence-corrected chi connectivity index (χ0v) is 15.1. The van der Waals surface area contributed by atoms with Crippen molar-refractivity contribution in [2.24, 2.45) is 0 Å². The maximum absolute atomic E-state index is 10.5. The Morgan fingerprint density at radius 3 is 2.22 bits per heavy atom. The predicted molar refractivity (Wildman–Crippen MR) is 101 cm³/mol. The zero-order chi connectivity index (χ0) is 19.8. The summed E-state index contributed by atoms with van der Waals surface area (Å²) < 4.78 is 5.78. The fraction of sp³-hybridized carbons (Fsp3) is 0.333. The summed E-state index contributed by atoms with van der Waals surface area (Å²) >= 11 is 0. The zero-order valence-electron chi connectivity index (χ0n) is 15.1. The van der Waals surface area contributed by atoms with E-state index in [1.807, 2.05) is 6.92 Å².